The maximum atomic E-state index is 13.1. The third-order valence-corrected chi connectivity index (χ3v) is 9.24. The molecule has 4 aliphatic carbocycles. The molecule has 4 atom stereocenters. The molecule has 0 aromatic heterocycles. The van der Waals surface area contributed by atoms with Gasteiger partial charge in [0.25, 0.3) is 0 Å². The Morgan fingerprint density at radius 3 is 0.933 bits per heavy atom. The summed E-state index contributed by atoms with van der Waals surface area (Å²) >= 11 is 0. The van der Waals surface area contributed by atoms with Crippen LogP contribution in [0.15, 0.2) is 11.1 Å². The smallest absolute Gasteiger partial charge is 0.237 e. The van der Waals surface area contributed by atoms with Gasteiger partial charge in [-0.15, -0.1) is 0 Å². The molecule has 8 nitrogen and oxygen atoms in total. The van der Waals surface area contributed by atoms with E-state index >= 15 is 0 Å². The Morgan fingerprint density at radius 1 is 0.467 bits per heavy atom. The third kappa shape index (κ3) is 1.52. The quantitative estimate of drug-likeness (QED) is 0.426. The molecule has 6 aliphatic rings. The van der Waals surface area contributed by atoms with Crippen LogP contribution >= 0.6 is 0 Å². The minimum Gasteiger partial charge on any atom is -0.300 e. The first kappa shape index (κ1) is 18.2. The second kappa shape index (κ2) is 4.81. The van der Waals surface area contributed by atoms with Gasteiger partial charge in [-0.1, -0.05) is 11.1 Å². The molecule has 0 aromatic rings. The van der Waals surface area contributed by atoms with Crippen molar-refractivity contribution in [1.29, 1.82) is 0 Å². The number of imide groups is 2. The molecule has 8 heteroatoms. The first-order valence-corrected chi connectivity index (χ1v) is 10.4. The fourth-order valence-electron chi connectivity index (χ4n) is 8.05. The standard InChI is InChI=1S/C22H22N2O6/c1-23-15(27)19-3-11(4-20(19,16(23)28)8-13(25)7-19)12-5-21-9-14(26)10-22(21,6-12)18(30)24(2)17(21)29/h3-10H2,1-2H3/t19-,20+,21-,22+. The average molecular weight is 410 g/mol. The zero-order chi connectivity index (χ0) is 21.4. The SMILES string of the molecule is CN1C(=O)[C@@]23CC(=O)C[C@@]2(CC(=C2C[C@]45CC(=O)C[C@@]4(C2)C(=O)N(C)C5=O)C3)C1=O. The Labute approximate surface area is 172 Å². The van der Waals surface area contributed by atoms with Crippen molar-refractivity contribution in [2.45, 2.75) is 51.4 Å². The van der Waals surface area contributed by atoms with Crippen LogP contribution in [0.25, 0.3) is 0 Å². The molecule has 30 heavy (non-hydrogen) atoms. The van der Waals surface area contributed by atoms with E-state index < -0.39 is 21.7 Å². The Hall–Kier alpha value is -2.64. The topological polar surface area (TPSA) is 109 Å². The summed E-state index contributed by atoms with van der Waals surface area (Å²) in [4.78, 5) is 79.1. The molecule has 0 aromatic carbocycles. The van der Waals surface area contributed by atoms with Gasteiger partial charge >= 0.3 is 0 Å². The van der Waals surface area contributed by atoms with Crippen LogP contribution in [-0.2, 0) is 28.8 Å². The van der Waals surface area contributed by atoms with Crippen LogP contribution in [0, 0.1) is 21.7 Å². The molecule has 0 radical (unpaired) electrons. The van der Waals surface area contributed by atoms with Gasteiger partial charge in [0.05, 0.1) is 21.7 Å². The number of carbonyl (C=O) groups excluding carboxylic acids is 6. The number of rotatable bonds is 0. The molecule has 0 unspecified atom stereocenters. The maximum absolute atomic E-state index is 13.1. The molecule has 4 amide bonds. The highest BCUT2D eigenvalue weighted by atomic mass is 16.2. The van der Waals surface area contributed by atoms with Gasteiger partial charge in [-0.3, -0.25) is 38.6 Å². The monoisotopic (exact) mass is 410 g/mol. The number of nitrogens with zero attached hydrogens (tertiary/aromatic N) is 2. The lowest BCUT2D eigenvalue weighted by Gasteiger charge is -2.25. The van der Waals surface area contributed by atoms with Crippen molar-refractivity contribution in [3.8, 4) is 0 Å². The van der Waals surface area contributed by atoms with E-state index in [4.69, 9.17) is 0 Å². The van der Waals surface area contributed by atoms with Crippen molar-refractivity contribution in [1.82, 2.24) is 9.80 Å². The lowest BCUT2D eigenvalue weighted by atomic mass is 9.70. The van der Waals surface area contributed by atoms with E-state index in [2.05, 4.69) is 0 Å². The van der Waals surface area contributed by atoms with Gasteiger partial charge in [-0.25, -0.2) is 0 Å². The van der Waals surface area contributed by atoms with Gasteiger partial charge in [-0.05, 0) is 25.7 Å². The highest BCUT2D eigenvalue weighted by molar-refractivity contribution is 6.17. The fourth-order valence-corrected chi connectivity index (χ4v) is 8.05. The van der Waals surface area contributed by atoms with E-state index in [-0.39, 0.29) is 60.9 Å². The predicted molar refractivity (Wildman–Crippen MR) is 99.3 cm³/mol. The van der Waals surface area contributed by atoms with Gasteiger partial charge in [0.1, 0.15) is 11.6 Å². The molecule has 4 saturated carbocycles. The number of amides is 4. The number of hydrogen-bond donors (Lipinski definition) is 0. The Morgan fingerprint density at radius 2 is 0.700 bits per heavy atom. The molecule has 156 valence electrons. The third-order valence-electron chi connectivity index (χ3n) is 9.24. The minimum atomic E-state index is -1.01. The summed E-state index contributed by atoms with van der Waals surface area (Å²) in [6.07, 6.45) is 1.65. The van der Waals surface area contributed by atoms with E-state index in [9.17, 15) is 28.8 Å². The van der Waals surface area contributed by atoms with Crippen molar-refractivity contribution in [2.24, 2.45) is 21.7 Å². The average Bonchev–Trinajstić information content (AvgIpc) is 3.39. The minimum absolute atomic E-state index is 0.0521. The molecule has 0 N–H and O–H groups in total. The highest BCUT2D eigenvalue weighted by Crippen LogP contribution is 2.72. The highest BCUT2D eigenvalue weighted by Gasteiger charge is 2.78. The summed E-state index contributed by atoms with van der Waals surface area (Å²) in [6, 6.07) is 0. The summed E-state index contributed by atoms with van der Waals surface area (Å²) in [5.41, 5.74) is -2.16. The second-order valence-electron chi connectivity index (χ2n) is 10.4. The number of allylic oxidation sites excluding steroid dienone is 2. The molecular formula is C22H22N2O6. The molecule has 6 rings (SSSR count). The van der Waals surface area contributed by atoms with Crippen molar-refractivity contribution < 1.29 is 28.8 Å². The van der Waals surface area contributed by atoms with Gasteiger partial charge in [0, 0.05) is 39.8 Å². The second-order valence-corrected chi connectivity index (χ2v) is 10.4. The number of carbonyl (C=O) groups is 6. The zero-order valence-electron chi connectivity index (χ0n) is 17.0. The molecule has 6 fully saturated rings. The Bertz CT molecular complexity index is 929. The maximum Gasteiger partial charge on any atom is 0.237 e. The normalized spacial score (nSPS) is 47.0. The van der Waals surface area contributed by atoms with Crippen LogP contribution in [0.2, 0.25) is 0 Å². The molecule has 2 saturated heterocycles. The van der Waals surface area contributed by atoms with E-state index in [1.165, 1.54) is 23.9 Å². The predicted octanol–water partition coefficient (Wildman–Crippen LogP) is 0.539. The lowest BCUT2D eigenvalue weighted by molar-refractivity contribution is -0.143. The molecular weight excluding hydrogens is 388 g/mol. The molecule has 2 heterocycles. The first-order chi connectivity index (χ1) is 14.0. The summed E-state index contributed by atoms with van der Waals surface area (Å²) in [6.45, 7) is 0. The Balaban J connectivity index is 1.47. The molecule has 0 spiro atoms. The van der Waals surface area contributed by atoms with Gasteiger partial charge in [0.15, 0.2) is 0 Å². The molecule has 2 aliphatic heterocycles. The van der Waals surface area contributed by atoms with Gasteiger partial charge in [-0.2, -0.15) is 0 Å². The summed E-state index contributed by atoms with van der Waals surface area (Å²) in [5, 5.41) is 0. The van der Waals surface area contributed by atoms with Crippen LogP contribution in [-0.4, -0.2) is 59.1 Å². The summed E-state index contributed by atoms with van der Waals surface area (Å²) < 4.78 is 0. The Kier molecular flexibility index (Phi) is 2.91. The number of likely N-dealkylation sites (tertiary alicyclic amines) is 2. The van der Waals surface area contributed by atoms with Gasteiger partial charge in [0.2, 0.25) is 23.6 Å². The van der Waals surface area contributed by atoms with Crippen molar-refractivity contribution >= 4 is 35.2 Å². The van der Waals surface area contributed by atoms with Crippen LogP contribution in [0.3, 0.4) is 0 Å². The van der Waals surface area contributed by atoms with E-state index in [0.29, 0.717) is 25.7 Å². The van der Waals surface area contributed by atoms with E-state index in [1.807, 2.05) is 0 Å². The largest absolute Gasteiger partial charge is 0.300 e. The van der Waals surface area contributed by atoms with Crippen LogP contribution in [0.5, 0.6) is 0 Å². The number of ketones is 2. The van der Waals surface area contributed by atoms with Crippen molar-refractivity contribution in [3.05, 3.63) is 11.1 Å². The lowest BCUT2D eigenvalue weighted by Crippen LogP contribution is -2.35. The summed E-state index contributed by atoms with van der Waals surface area (Å²) in [7, 11) is 2.96. The van der Waals surface area contributed by atoms with Crippen LogP contribution < -0.4 is 0 Å². The molecule has 0 bridgehead atoms. The van der Waals surface area contributed by atoms with Gasteiger partial charge < -0.3 is 0 Å². The number of hydrogen-bond acceptors (Lipinski definition) is 6. The van der Waals surface area contributed by atoms with E-state index in [0.717, 1.165) is 11.1 Å². The van der Waals surface area contributed by atoms with Crippen LogP contribution in [0.1, 0.15) is 51.4 Å². The van der Waals surface area contributed by atoms with Crippen molar-refractivity contribution in [2.75, 3.05) is 14.1 Å². The van der Waals surface area contributed by atoms with Crippen molar-refractivity contribution in [3.63, 3.8) is 0 Å². The first-order valence-electron chi connectivity index (χ1n) is 10.4. The van der Waals surface area contributed by atoms with E-state index in [1.54, 1.807) is 0 Å². The van der Waals surface area contributed by atoms with Crippen LogP contribution in [0.4, 0.5) is 0 Å². The summed E-state index contributed by atoms with van der Waals surface area (Å²) in [5.74, 6) is -1.25. The number of Topliss-reactive ketones (excluding diaryl/α,β-unsaturated/α-hetero) is 2. The zero-order valence-corrected chi connectivity index (χ0v) is 17.0. The fraction of sp³-hybridized carbons (Fsp3) is 0.636.